The van der Waals surface area contributed by atoms with E-state index in [-0.39, 0.29) is 5.91 Å². The molecule has 0 unspecified atom stereocenters. The molecule has 5 rings (SSSR count). The van der Waals surface area contributed by atoms with Crippen LogP contribution >= 0.6 is 11.3 Å². The molecule has 5 aromatic rings. The van der Waals surface area contributed by atoms with Gasteiger partial charge in [0, 0.05) is 21.8 Å². The van der Waals surface area contributed by atoms with E-state index < -0.39 is 0 Å². The molecule has 2 aromatic carbocycles. The molecule has 4 nitrogen and oxygen atoms in total. The first-order valence-corrected chi connectivity index (χ1v) is 10.1. The second kappa shape index (κ2) is 7.11. The minimum atomic E-state index is -0.140. The van der Waals surface area contributed by atoms with Gasteiger partial charge < -0.3 is 5.32 Å². The Morgan fingerprint density at radius 3 is 2.66 bits per heavy atom. The molecule has 0 atom stereocenters. The molecule has 0 saturated heterocycles. The van der Waals surface area contributed by atoms with Crippen molar-refractivity contribution >= 4 is 44.1 Å². The number of aromatic nitrogens is 2. The van der Waals surface area contributed by atoms with Crippen molar-refractivity contribution in [3.05, 3.63) is 89.4 Å². The first kappa shape index (κ1) is 17.5. The lowest BCUT2D eigenvalue weighted by molar-refractivity contribution is 0.102. The van der Waals surface area contributed by atoms with Gasteiger partial charge in [-0.3, -0.25) is 9.78 Å². The number of hydrogen-bond acceptors (Lipinski definition) is 4. The van der Waals surface area contributed by atoms with Crippen molar-refractivity contribution in [3.63, 3.8) is 0 Å². The Labute approximate surface area is 171 Å². The number of aryl methyl sites for hydroxylation is 1. The van der Waals surface area contributed by atoms with E-state index in [1.165, 1.54) is 11.3 Å². The number of nitrogens with zero attached hydrogens (tertiary/aromatic N) is 2. The molecule has 140 valence electrons. The van der Waals surface area contributed by atoms with E-state index in [9.17, 15) is 4.79 Å². The van der Waals surface area contributed by atoms with Gasteiger partial charge in [0.2, 0.25) is 0 Å². The fourth-order valence-corrected chi connectivity index (χ4v) is 4.72. The van der Waals surface area contributed by atoms with Crippen LogP contribution in [0.2, 0.25) is 0 Å². The Hall–Kier alpha value is -3.57. The molecule has 0 radical (unpaired) electrons. The number of benzene rings is 2. The maximum atomic E-state index is 13.0. The molecule has 3 aromatic heterocycles. The van der Waals surface area contributed by atoms with Gasteiger partial charge in [0.05, 0.1) is 16.1 Å². The molecule has 0 fully saturated rings. The van der Waals surface area contributed by atoms with Crippen molar-refractivity contribution in [3.8, 4) is 11.3 Å². The summed E-state index contributed by atoms with van der Waals surface area (Å²) in [5.41, 5.74) is 3.78. The van der Waals surface area contributed by atoms with Crippen LogP contribution in [0.4, 0.5) is 5.82 Å². The molecule has 5 heteroatoms. The number of anilines is 1. The Kier molecular flexibility index (Phi) is 4.30. The predicted octanol–water partition coefficient (Wildman–Crippen LogP) is 6.07. The minimum absolute atomic E-state index is 0.140. The van der Waals surface area contributed by atoms with Gasteiger partial charge in [0.15, 0.2) is 0 Å². The number of rotatable bonds is 3. The average Bonchev–Trinajstić information content (AvgIpc) is 3.11. The van der Waals surface area contributed by atoms with E-state index in [1.54, 1.807) is 6.20 Å². The predicted molar refractivity (Wildman–Crippen MR) is 119 cm³/mol. The van der Waals surface area contributed by atoms with Crippen molar-refractivity contribution in [2.24, 2.45) is 0 Å². The van der Waals surface area contributed by atoms with Crippen LogP contribution in [0.25, 0.3) is 32.2 Å². The van der Waals surface area contributed by atoms with E-state index in [2.05, 4.69) is 21.4 Å². The van der Waals surface area contributed by atoms with Crippen LogP contribution in [0.5, 0.6) is 0 Å². The number of carbonyl (C=O) groups excluding carboxylic acids is 1. The maximum absolute atomic E-state index is 13.0. The second-order valence-electron chi connectivity index (χ2n) is 6.80. The molecular weight excluding hydrogens is 378 g/mol. The molecule has 29 heavy (non-hydrogen) atoms. The minimum Gasteiger partial charge on any atom is -0.306 e. The van der Waals surface area contributed by atoms with Gasteiger partial charge in [0.25, 0.3) is 5.91 Å². The molecule has 1 N–H and O–H groups in total. The Balaban J connectivity index is 1.54. The van der Waals surface area contributed by atoms with E-state index in [0.717, 1.165) is 37.8 Å². The summed E-state index contributed by atoms with van der Waals surface area (Å²) in [6.45, 7) is 1.99. The molecule has 0 bridgehead atoms. The molecule has 0 spiro atoms. The zero-order valence-electron chi connectivity index (χ0n) is 15.7. The third-order valence-corrected chi connectivity index (χ3v) is 6.29. The first-order valence-electron chi connectivity index (χ1n) is 9.31. The van der Waals surface area contributed by atoms with Crippen LogP contribution in [-0.2, 0) is 0 Å². The number of fused-ring (bicyclic) bond motifs is 2. The summed E-state index contributed by atoms with van der Waals surface area (Å²) in [6, 6.07) is 23.6. The molecule has 0 aliphatic heterocycles. The summed E-state index contributed by atoms with van der Waals surface area (Å²) in [4.78, 5) is 22.8. The highest BCUT2D eigenvalue weighted by Gasteiger charge is 2.18. The Morgan fingerprint density at radius 2 is 1.79 bits per heavy atom. The molecule has 0 saturated carbocycles. The number of nitrogens with one attached hydrogen (secondary N) is 1. The molecular formula is C24H17N3OS. The van der Waals surface area contributed by atoms with Crippen LogP contribution in [-0.4, -0.2) is 15.9 Å². The van der Waals surface area contributed by atoms with E-state index >= 15 is 0 Å². The van der Waals surface area contributed by atoms with Gasteiger partial charge in [-0.1, -0.05) is 42.5 Å². The fourth-order valence-electron chi connectivity index (χ4n) is 3.49. The summed E-state index contributed by atoms with van der Waals surface area (Å²) < 4.78 is 1.07. The third-order valence-electron chi connectivity index (χ3n) is 4.95. The summed E-state index contributed by atoms with van der Waals surface area (Å²) in [7, 11) is 0. The summed E-state index contributed by atoms with van der Waals surface area (Å²) in [5, 5.41) is 5.08. The number of pyridine rings is 2. The summed E-state index contributed by atoms with van der Waals surface area (Å²) >= 11 is 1.50. The SMILES string of the molecule is Cc1c(C(=O)Nc2ccc3ccccc3n2)sc2c(-c3ccccn3)cccc12. The van der Waals surface area contributed by atoms with Crippen molar-refractivity contribution in [2.75, 3.05) is 5.32 Å². The number of para-hydroxylation sites is 1. The largest absolute Gasteiger partial charge is 0.306 e. The number of hydrogen-bond donors (Lipinski definition) is 1. The van der Waals surface area contributed by atoms with Crippen LogP contribution in [0.15, 0.2) is 79.0 Å². The first-order chi connectivity index (χ1) is 14.2. The van der Waals surface area contributed by atoms with Crippen molar-refractivity contribution in [2.45, 2.75) is 6.92 Å². The van der Waals surface area contributed by atoms with Crippen LogP contribution in [0.3, 0.4) is 0 Å². The topological polar surface area (TPSA) is 54.9 Å². The van der Waals surface area contributed by atoms with E-state index in [0.29, 0.717) is 10.7 Å². The molecule has 0 aliphatic rings. The third kappa shape index (κ3) is 3.15. The highest BCUT2D eigenvalue weighted by atomic mass is 32.1. The van der Waals surface area contributed by atoms with Gasteiger partial charge in [-0.25, -0.2) is 4.98 Å². The normalized spacial score (nSPS) is 11.1. The van der Waals surface area contributed by atoms with Crippen LogP contribution < -0.4 is 5.32 Å². The quantitative estimate of drug-likeness (QED) is 0.403. The van der Waals surface area contributed by atoms with Crippen LogP contribution in [0.1, 0.15) is 15.2 Å². The lowest BCUT2D eigenvalue weighted by Gasteiger charge is -2.05. The van der Waals surface area contributed by atoms with Crippen molar-refractivity contribution < 1.29 is 4.79 Å². The summed E-state index contributed by atoms with van der Waals surface area (Å²) in [5.74, 6) is 0.411. The smallest absolute Gasteiger partial charge is 0.267 e. The number of amides is 1. The zero-order valence-corrected chi connectivity index (χ0v) is 16.5. The van der Waals surface area contributed by atoms with Crippen molar-refractivity contribution in [1.29, 1.82) is 0 Å². The van der Waals surface area contributed by atoms with Gasteiger partial charge >= 0.3 is 0 Å². The number of carbonyl (C=O) groups is 1. The van der Waals surface area contributed by atoms with Crippen molar-refractivity contribution in [1.82, 2.24) is 9.97 Å². The fraction of sp³-hybridized carbons (Fsp3) is 0.0417. The van der Waals surface area contributed by atoms with Gasteiger partial charge in [-0.05, 0) is 48.2 Å². The monoisotopic (exact) mass is 395 g/mol. The van der Waals surface area contributed by atoms with Crippen LogP contribution in [0, 0.1) is 6.92 Å². The van der Waals surface area contributed by atoms with E-state index in [4.69, 9.17) is 0 Å². The molecule has 3 heterocycles. The van der Waals surface area contributed by atoms with Gasteiger partial charge in [-0.2, -0.15) is 0 Å². The zero-order chi connectivity index (χ0) is 19.8. The van der Waals surface area contributed by atoms with Gasteiger partial charge in [-0.15, -0.1) is 11.3 Å². The maximum Gasteiger partial charge on any atom is 0.267 e. The standard InChI is InChI=1S/C24H17N3OS/c1-15-17-8-6-9-18(20-11-4-5-14-25-20)23(17)29-22(15)24(28)27-21-13-12-16-7-2-3-10-19(16)26-21/h2-14H,1H3,(H,26,27,28). The lowest BCUT2D eigenvalue weighted by atomic mass is 10.1. The Morgan fingerprint density at radius 1 is 0.931 bits per heavy atom. The Bertz CT molecular complexity index is 1360. The highest BCUT2D eigenvalue weighted by molar-refractivity contribution is 7.21. The second-order valence-corrected chi connectivity index (χ2v) is 7.82. The lowest BCUT2D eigenvalue weighted by Crippen LogP contribution is -2.12. The average molecular weight is 395 g/mol. The summed E-state index contributed by atoms with van der Waals surface area (Å²) in [6.07, 6.45) is 1.79. The van der Waals surface area contributed by atoms with E-state index in [1.807, 2.05) is 73.7 Å². The van der Waals surface area contributed by atoms with Gasteiger partial charge in [0.1, 0.15) is 5.82 Å². The molecule has 1 amide bonds. The highest BCUT2D eigenvalue weighted by Crippen LogP contribution is 2.37. The molecule has 0 aliphatic carbocycles. The number of thiophene rings is 1.